The third kappa shape index (κ3) is 2.21. The van der Waals surface area contributed by atoms with Gasteiger partial charge in [0.25, 0.3) is 0 Å². The molecule has 3 aliphatic rings. The van der Waals surface area contributed by atoms with Crippen LogP contribution >= 0.6 is 0 Å². The van der Waals surface area contributed by atoms with E-state index in [2.05, 4.69) is 22.6 Å². The summed E-state index contributed by atoms with van der Waals surface area (Å²) >= 11 is 0. The molecule has 2 saturated heterocycles. The highest BCUT2D eigenvalue weighted by atomic mass is 16.2. The van der Waals surface area contributed by atoms with E-state index >= 15 is 0 Å². The molecule has 2 heterocycles. The van der Waals surface area contributed by atoms with E-state index in [0.717, 1.165) is 38.3 Å². The molecule has 0 radical (unpaired) electrons. The Morgan fingerprint density at radius 3 is 2.67 bits per heavy atom. The molecule has 0 bridgehead atoms. The number of nitrogens with one attached hydrogen (secondary N) is 2. The van der Waals surface area contributed by atoms with Crippen molar-refractivity contribution in [2.45, 2.75) is 43.8 Å². The highest BCUT2D eigenvalue weighted by molar-refractivity contribution is 5.77. The number of piperazine rings is 1. The van der Waals surface area contributed by atoms with Gasteiger partial charge in [0.2, 0.25) is 0 Å². The first-order chi connectivity index (χ1) is 8.78. The molecule has 0 spiro atoms. The maximum Gasteiger partial charge on any atom is 0.317 e. The van der Waals surface area contributed by atoms with Crippen LogP contribution in [0.15, 0.2) is 0 Å². The molecule has 1 atom stereocenters. The number of carbonyl (C=O) groups excluding carboxylic acids is 1. The lowest BCUT2D eigenvalue weighted by Gasteiger charge is -2.43. The largest absolute Gasteiger partial charge is 0.336 e. The van der Waals surface area contributed by atoms with E-state index in [4.69, 9.17) is 0 Å². The molecule has 3 rings (SSSR count). The molecule has 5 heteroatoms. The zero-order valence-corrected chi connectivity index (χ0v) is 11.2. The van der Waals surface area contributed by atoms with Crippen molar-refractivity contribution in [3.05, 3.63) is 0 Å². The smallest absolute Gasteiger partial charge is 0.317 e. The van der Waals surface area contributed by atoms with Gasteiger partial charge in [0, 0.05) is 38.3 Å². The molecule has 102 valence electrons. The highest BCUT2D eigenvalue weighted by Crippen LogP contribution is 2.26. The molecule has 1 unspecified atom stereocenters. The van der Waals surface area contributed by atoms with Crippen molar-refractivity contribution in [1.29, 1.82) is 0 Å². The van der Waals surface area contributed by atoms with Gasteiger partial charge >= 0.3 is 6.03 Å². The summed E-state index contributed by atoms with van der Waals surface area (Å²) in [6, 6.07) is 2.01. The number of hydrogen-bond donors (Lipinski definition) is 2. The minimum absolute atomic E-state index is 0.138. The van der Waals surface area contributed by atoms with Gasteiger partial charge in [0.05, 0.1) is 6.04 Å². The summed E-state index contributed by atoms with van der Waals surface area (Å²) in [6.45, 7) is 3.86. The van der Waals surface area contributed by atoms with Crippen LogP contribution < -0.4 is 10.6 Å². The van der Waals surface area contributed by atoms with Crippen LogP contribution in [0.25, 0.3) is 0 Å². The van der Waals surface area contributed by atoms with Gasteiger partial charge in [-0.05, 0) is 32.7 Å². The van der Waals surface area contributed by atoms with E-state index < -0.39 is 0 Å². The maximum atomic E-state index is 11.6. The summed E-state index contributed by atoms with van der Waals surface area (Å²) < 4.78 is 0. The zero-order chi connectivity index (χ0) is 12.5. The van der Waals surface area contributed by atoms with Crippen molar-refractivity contribution < 1.29 is 4.79 Å². The Balaban J connectivity index is 1.54. The van der Waals surface area contributed by atoms with Gasteiger partial charge in [0.15, 0.2) is 0 Å². The fraction of sp³-hybridized carbons (Fsp3) is 0.923. The molecule has 5 nitrogen and oxygen atoms in total. The van der Waals surface area contributed by atoms with Gasteiger partial charge in [-0.15, -0.1) is 0 Å². The Morgan fingerprint density at radius 2 is 1.94 bits per heavy atom. The summed E-state index contributed by atoms with van der Waals surface area (Å²) in [5.41, 5.74) is 0. The molecular weight excluding hydrogens is 228 g/mol. The average Bonchev–Trinajstić information content (AvgIpc) is 2.80. The Kier molecular flexibility index (Phi) is 3.43. The summed E-state index contributed by atoms with van der Waals surface area (Å²) in [4.78, 5) is 16.2. The summed E-state index contributed by atoms with van der Waals surface area (Å²) in [5.74, 6) is 0. The van der Waals surface area contributed by atoms with Crippen LogP contribution in [0.2, 0.25) is 0 Å². The number of hydrogen-bond acceptors (Lipinski definition) is 3. The second-order valence-corrected chi connectivity index (χ2v) is 5.82. The number of urea groups is 1. The van der Waals surface area contributed by atoms with Crippen LogP contribution in [0.4, 0.5) is 4.79 Å². The summed E-state index contributed by atoms with van der Waals surface area (Å²) in [7, 11) is 2.07. The van der Waals surface area contributed by atoms with Crippen molar-refractivity contribution >= 4 is 6.03 Å². The molecule has 2 amide bonds. The van der Waals surface area contributed by atoms with Crippen LogP contribution in [0.1, 0.15) is 25.7 Å². The molecule has 1 aliphatic carbocycles. The molecule has 2 aliphatic heterocycles. The SMILES string of the molecule is CNC1CCC(N2CCN3C(=O)NCC3C2)CC1. The van der Waals surface area contributed by atoms with Crippen molar-refractivity contribution in [2.24, 2.45) is 0 Å². The van der Waals surface area contributed by atoms with Gasteiger partial charge in [0.1, 0.15) is 0 Å². The average molecular weight is 252 g/mol. The first-order valence-electron chi connectivity index (χ1n) is 7.23. The van der Waals surface area contributed by atoms with Crippen molar-refractivity contribution in [2.75, 3.05) is 33.2 Å². The molecule has 2 N–H and O–H groups in total. The van der Waals surface area contributed by atoms with Crippen LogP contribution in [0, 0.1) is 0 Å². The Morgan fingerprint density at radius 1 is 1.17 bits per heavy atom. The minimum Gasteiger partial charge on any atom is -0.336 e. The summed E-state index contributed by atoms with van der Waals surface area (Å²) in [6.07, 6.45) is 5.20. The Bertz CT molecular complexity index is 314. The second-order valence-electron chi connectivity index (χ2n) is 5.82. The monoisotopic (exact) mass is 252 g/mol. The maximum absolute atomic E-state index is 11.6. The third-order valence-electron chi connectivity index (χ3n) is 4.89. The Labute approximate surface area is 109 Å². The number of fused-ring (bicyclic) bond motifs is 1. The topological polar surface area (TPSA) is 47.6 Å². The molecule has 18 heavy (non-hydrogen) atoms. The molecule has 3 fully saturated rings. The lowest BCUT2D eigenvalue weighted by atomic mass is 9.89. The van der Waals surface area contributed by atoms with Gasteiger partial charge in [-0.25, -0.2) is 4.79 Å². The summed E-state index contributed by atoms with van der Waals surface area (Å²) in [5, 5.41) is 6.34. The van der Waals surface area contributed by atoms with Crippen molar-refractivity contribution in [3.63, 3.8) is 0 Å². The van der Waals surface area contributed by atoms with E-state index in [1.54, 1.807) is 0 Å². The van der Waals surface area contributed by atoms with E-state index in [-0.39, 0.29) is 6.03 Å². The fourth-order valence-corrected chi connectivity index (χ4v) is 3.69. The predicted molar refractivity (Wildman–Crippen MR) is 70.6 cm³/mol. The predicted octanol–water partition coefficient (Wildman–Crippen LogP) is 0.226. The first-order valence-corrected chi connectivity index (χ1v) is 7.23. The fourth-order valence-electron chi connectivity index (χ4n) is 3.69. The third-order valence-corrected chi connectivity index (χ3v) is 4.89. The molecule has 0 aromatic rings. The molecule has 0 aromatic carbocycles. The molecule has 1 saturated carbocycles. The zero-order valence-electron chi connectivity index (χ0n) is 11.2. The van der Waals surface area contributed by atoms with E-state index in [9.17, 15) is 4.79 Å². The van der Waals surface area contributed by atoms with Crippen molar-refractivity contribution in [3.8, 4) is 0 Å². The van der Waals surface area contributed by atoms with Crippen LogP contribution in [0.5, 0.6) is 0 Å². The Hall–Kier alpha value is -0.810. The lowest BCUT2D eigenvalue weighted by Crippen LogP contribution is -2.55. The van der Waals surface area contributed by atoms with Crippen LogP contribution in [-0.4, -0.2) is 67.2 Å². The molecular formula is C13H24N4O. The quantitative estimate of drug-likeness (QED) is 0.739. The lowest BCUT2D eigenvalue weighted by molar-refractivity contribution is 0.0683. The number of amides is 2. The van der Waals surface area contributed by atoms with E-state index in [1.807, 2.05) is 4.90 Å². The van der Waals surface area contributed by atoms with Gasteiger partial charge < -0.3 is 15.5 Å². The normalized spacial score (nSPS) is 37.5. The first kappa shape index (κ1) is 12.2. The van der Waals surface area contributed by atoms with Crippen molar-refractivity contribution in [1.82, 2.24) is 20.4 Å². The van der Waals surface area contributed by atoms with Crippen LogP contribution in [-0.2, 0) is 0 Å². The number of rotatable bonds is 2. The van der Waals surface area contributed by atoms with E-state index in [0.29, 0.717) is 6.04 Å². The molecule has 0 aromatic heterocycles. The minimum atomic E-state index is 0.138. The standard InChI is InChI=1S/C13H24N4O/c1-14-10-2-4-11(5-3-10)16-6-7-17-12(9-16)8-15-13(17)18/h10-12,14H,2-9H2,1H3,(H,15,18). The number of carbonyl (C=O) groups is 1. The highest BCUT2D eigenvalue weighted by Gasteiger charge is 2.37. The van der Waals surface area contributed by atoms with Gasteiger partial charge in [-0.3, -0.25) is 4.90 Å². The van der Waals surface area contributed by atoms with Gasteiger partial charge in [-0.2, -0.15) is 0 Å². The second kappa shape index (κ2) is 5.05. The van der Waals surface area contributed by atoms with Crippen LogP contribution in [0.3, 0.4) is 0 Å². The van der Waals surface area contributed by atoms with Gasteiger partial charge in [-0.1, -0.05) is 0 Å². The van der Waals surface area contributed by atoms with E-state index in [1.165, 1.54) is 25.7 Å². The number of nitrogens with zero attached hydrogens (tertiary/aromatic N) is 2.